The molecule has 1 fully saturated rings. The molecule has 0 aliphatic carbocycles. The second kappa shape index (κ2) is 11.2. The minimum atomic E-state index is -3.50. The van der Waals surface area contributed by atoms with Crippen molar-refractivity contribution in [3.05, 3.63) is 64.7 Å². The lowest BCUT2D eigenvalue weighted by molar-refractivity contribution is -0.126. The minimum Gasteiger partial charge on any atom is -0.491 e. The Hall–Kier alpha value is -2.09. The molecule has 1 N–H and O–H groups in total. The second-order valence-electron chi connectivity index (χ2n) is 8.41. The van der Waals surface area contributed by atoms with E-state index in [0.29, 0.717) is 49.0 Å². The minimum absolute atomic E-state index is 0.0956. The average molecular weight is 479 g/mol. The highest BCUT2D eigenvalue weighted by atomic mass is 35.5. The van der Waals surface area contributed by atoms with Crippen LogP contribution in [0.25, 0.3) is 0 Å². The van der Waals surface area contributed by atoms with Gasteiger partial charge in [0.2, 0.25) is 15.9 Å². The van der Waals surface area contributed by atoms with Gasteiger partial charge in [-0.25, -0.2) is 12.7 Å². The zero-order chi connectivity index (χ0) is 23.1. The third-order valence-corrected chi connectivity index (χ3v) is 7.68. The van der Waals surface area contributed by atoms with Crippen LogP contribution in [0, 0.1) is 5.92 Å². The molecule has 1 amide bonds. The largest absolute Gasteiger partial charge is 0.491 e. The molecule has 32 heavy (non-hydrogen) atoms. The second-order valence-corrected chi connectivity index (χ2v) is 10.8. The van der Waals surface area contributed by atoms with E-state index in [0.717, 1.165) is 11.3 Å². The summed E-state index contributed by atoms with van der Waals surface area (Å²) >= 11 is 5.88. The van der Waals surface area contributed by atoms with Crippen molar-refractivity contribution in [1.29, 1.82) is 0 Å². The molecule has 1 aliphatic rings. The van der Waals surface area contributed by atoms with Gasteiger partial charge >= 0.3 is 0 Å². The Labute approximate surface area is 196 Å². The summed E-state index contributed by atoms with van der Waals surface area (Å²) in [5, 5.41) is 3.47. The molecule has 6 nitrogen and oxygen atoms in total. The van der Waals surface area contributed by atoms with Crippen LogP contribution in [0.15, 0.2) is 48.5 Å². The third-order valence-electron chi connectivity index (χ3n) is 5.61. The van der Waals surface area contributed by atoms with Gasteiger partial charge in [0.25, 0.3) is 0 Å². The molecular weight excluding hydrogens is 448 g/mol. The number of halogens is 1. The van der Waals surface area contributed by atoms with Gasteiger partial charge in [-0.05, 0) is 48.1 Å². The van der Waals surface area contributed by atoms with Crippen LogP contribution < -0.4 is 10.1 Å². The topological polar surface area (TPSA) is 75.7 Å². The number of carbonyl (C=O) groups is 1. The summed E-state index contributed by atoms with van der Waals surface area (Å²) in [5.74, 6) is 0.600. The van der Waals surface area contributed by atoms with Crippen molar-refractivity contribution in [1.82, 2.24) is 9.62 Å². The van der Waals surface area contributed by atoms with Crippen LogP contribution in [0.1, 0.15) is 43.7 Å². The molecule has 3 rings (SSSR count). The first-order valence-corrected chi connectivity index (χ1v) is 13.0. The predicted molar refractivity (Wildman–Crippen MR) is 127 cm³/mol. The number of hydrogen-bond acceptors (Lipinski definition) is 4. The van der Waals surface area contributed by atoms with E-state index < -0.39 is 10.0 Å². The summed E-state index contributed by atoms with van der Waals surface area (Å²) in [6.07, 6.45) is 1.34. The number of nitrogens with zero attached hydrogens (tertiary/aromatic N) is 1. The summed E-state index contributed by atoms with van der Waals surface area (Å²) in [7, 11) is -3.50. The van der Waals surface area contributed by atoms with E-state index in [1.54, 1.807) is 24.3 Å². The molecule has 1 aliphatic heterocycles. The molecule has 0 unspecified atom stereocenters. The summed E-state index contributed by atoms with van der Waals surface area (Å²) in [5.41, 5.74) is 1.81. The molecule has 8 heteroatoms. The first-order valence-electron chi connectivity index (χ1n) is 11.0. The van der Waals surface area contributed by atoms with Crippen molar-refractivity contribution in [3.63, 3.8) is 0 Å². The van der Waals surface area contributed by atoms with E-state index in [9.17, 15) is 13.2 Å². The Bertz CT molecular complexity index is 1010. The van der Waals surface area contributed by atoms with E-state index >= 15 is 0 Å². The number of nitrogens with one attached hydrogen (secondary N) is 1. The molecule has 174 valence electrons. The Morgan fingerprint density at radius 1 is 1.19 bits per heavy atom. The van der Waals surface area contributed by atoms with Crippen molar-refractivity contribution >= 4 is 27.5 Å². The number of carbonyl (C=O) groups excluding carboxylic acids is 1. The van der Waals surface area contributed by atoms with E-state index in [1.807, 2.05) is 24.3 Å². The van der Waals surface area contributed by atoms with Crippen LogP contribution in [0.5, 0.6) is 5.75 Å². The van der Waals surface area contributed by atoms with E-state index in [1.165, 1.54) is 4.31 Å². The molecule has 0 radical (unpaired) electrons. The smallest absolute Gasteiger partial charge is 0.224 e. The highest BCUT2D eigenvalue weighted by Crippen LogP contribution is 2.26. The van der Waals surface area contributed by atoms with Crippen molar-refractivity contribution < 1.29 is 17.9 Å². The van der Waals surface area contributed by atoms with E-state index in [2.05, 4.69) is 19.2 Å². The fourth-order valence-electron chi connectivity index (χ4n) is 3.86. The van der Waals surface area contributed by atoms with E-state index in [4.69, 9.17) is 16.3 Å². The zero-order valence-corrected chi connectivity index (χ0v) is 20.2. The highest BCUT2D eigenvalue weighted by Gasteiger charge is 2.32. The highest BCUT2D eigenvalue weighted by molar-refractivity contribution is 7.88. The van der Waals surface area contributed by atoms with Gasteiger partial charge in [-0.3, -0.25) is 4.79 Å². The number of piperidine rings is 1. The van der Waals surface area contributed by atoms with Crippen molar-refractivity contribution in [3.8, 4) is 5.75 Å². The van der Waals surface area contributed by atoms with Crippen LogP contribution in [0.3, 0.4) is 0 Å². The van der Waals surface area contributed by atoms with Gasteiger partial charge < -0.3 is 10.1 Å². The molecule has 0 saturated carbocycles. The van der Waals surface area contributed by atoms with Gasteiger partial charge in [0.1, 0.15) is 12.4 Å². The molecular formula is C24H31ClN2O4S. The quantitative estimate of drug-likeness (QED) is 0.548. The number of benzene rings is 2. The van der Waals surface area contributed by atoms with Gasteiger partial charge in [-0.2, -0.15) is 0 Å². The maximum absolute atomic E-state index is 12.9. The average Bonchev–Trinajstić information content (AvgIpc) is 2.78. The van der Waals surface area contributed by atoms with Gasteiger partial charge in [0.15, 0.2) is 0 Å². The lowest BCUT2D eigenvalue weighted by atomic mass is 9.99. The SMILES string of the molecule is CC(C)c1ccccc1OCCNC(=O)[C@H]1CCCN(S(=O)(=O)Cc2ccc(Cl)cc2)C1. The number of para-hydroxylation sites is 1. The maximum atomic E-state index is 12.9. The Balaban J connectivity index is 1.49. The maximum Gasteiger partial charge on any atom is 0.224 e. The number of sulfonamides is 1. The molecule has 1 saturated heterocycles. The standard InChI is InChI=1S/C24H31ClN2O4S/c1-18(2)22-7-3-4-8-23(22)31-15-13-26-24(28)20-6-5-14-27(16-20)32(29,30)17-19-9-11-21(25)12-10-19/h3-4,7-12,18,20H,5-6,13-17H2,1-2H3,(H,26,28)/t20-/m0/s1. The number of amides is 1. The first-order chi connectivity index (χ1) is 15.3. The van der Waals surface area contributed by atoms with Crippen LogP contribution in [-0.4, -0.2) is 44.9 Å². The molecule has 1 heterocycles. The molecule has 1 atom stereocenters. The van der Waals surface area contributed by atoms with Crippen molar-refractivity contribution in [2.45, 2.75) is 38.4 Å². The fourth-order valence-corrected chi connectivity index (χ4v) is 5.60. The lowest BCUT2D eigenvalue weighted by Crippen LogP contribution is -2.46. The normalized spacial score (nSPS) is 17.3. The number of ether oxygens (including phenoxy) is 1. The Kier molecular flexibility index (Phi) is 8.57. The van der Waals surface area contributed by atoms with Crippen LogP contribution >= 0.6 is 11.6 Å². The fraction of sp³-hybridized carbons (Fsp3) is 0.458. The monoisotopic (exact) mass is 478 g/mol. The van der Waals surface area contributed by atoms with Gasteiger partial charge in [0.05, 0.1) is 18.2 Å². The Morgan fingerprint density at radius 2 is 1.91 bits per heavy atom. The molecule has 0 aromatic heterocycles. The summed E-state index contributed by atoms with van der Waals surface area (Å²) in [4.78, 5) is 12.7. The molecule has 2 aromatic rings. The van der Waals surface area contributed by atoms with Crippen molar-refractivity contribution in [2.75, 3.05) is 26.2 Å². The number of hydrogen-bond donors (Lipinski definition) is 1. The van der Waals surface area contributed by atoms with Crippen molar-refractivity contribution in [2.24, 2.45) is 5.92 Å². The third kappa shape index (κ3) is 6.70. The van der Waals surface area contributed by atoms with Crippen LogP contribution in [-0.2, 0) is 20.6 Å². The summed E-state index contributed by atoms with van der Waals surface area (Å²) in [6.45, 7) is 5.60. The molecule has 2 aromatic carbocycles. The zero-order valence-electron chi connectivity index (χ0n) is 18.6. The van der Waals surface area contributed by atoms with E-state index in [-0.39, 0.29) is 24.1 Å². The van der Waals surface area contributed by atoms with Crippen LogP contribution in [0.4, 0.5) is 0 Å². The van der Waals surface area contributed by atoms with Gasteiger partial charge in [-0.15, -0.1) is 0 Å². The summed E-state index contributed by atoms with van der Waals surface area (Å²) in [6, 6.07) is 14.7. The van der Waals surface area contributed by atoms with Gasteiger partial charge in [-0.1, -0.05) is 55.8 Å². The lowest BCUT2D eigenvalue weighted by Gasteiger charge is -2.31. The first kappa shape index (κ1) is 24.6. The molecule has 0 bridgehead atoms. The number of rotatable bonds is 9. The van der Waals surface area contributed by atoms with Crippen LogP contribution in [0.2, 0.25) is 5.02 Å². The summed E-state index contributed by atoms with van der Waals surface area (Å²) < 4.78 is 33.0. The molecule has 0 spiro atoms. The van der Waals surface area contributed by atoms with Gasteiger partial charge in [0, 0.05) is 18.1 Å². The predicted octanol–water partition coefficient (Wildman–Crippen LogP) is 4.20. The Morgan fingerprint density at radius 3 is 2.62 bits per heavy atom.